The molecule has 0 atom stereocenters. The van der Waals surface area contributed by atoms with E-state index in [4.69, 9.17) is 5.11 Å². The molecule has 0 saturated carbocycles. The number of thiazole rings is 1. The second-order valence-corrected chi connectivity index (χ2v) is 5.39. The first-order chi connectivity index (χ1) is 7.95. The minimum atomic E-state index is -4.69. The summed E-state index contributed by atoms with van der Waals surface area (Å²) in [6.07, 6.45) is 1.54. The summed E-state index contributed by atoms with van der Waals surface area (Å²) in [4.78, 5) is 4.01. The molecule has 0 saturated heterocycles. The van der Waals surface area contributed by atoms with E-state index in [2.05, 4.69) is 16.8 Å². The topological polar surface area (TPSA) is 79.3 Å². The van der Waals surface area contributed by atoms with Gasteiger partial charge in [-0.25, -0.2) is 13.4 Å². The third-order valence-electron chi connectivity index (χ3n) is 1.42. The van der Waals surface area contributed by atoms with Crippen molar-refractivity contribution in [2.24, 2.45) is 0 Å². The van der Waals surface area contributed by atoms with E-state index in [1.165, 1.54) is 6.20 Å². The number of aliphatic hydroxyl groups is 1. The van der Waals surface area contributed by atoms with E-state index >= 15 is 0 Å². The number of alkyl halides is 2. The maximum Gasteiger partial charge on any atom is 0.355 e. The van der Waals surface area contributed by atoms with Gasteiger partial charge in [-0.3, -0.25) is 4.72 Å². The standard InChI is InChI=1S/C8H8F2N2O3S2/c9-7(10)17(14,15)12-8-11-5-6(16-8)3-1-2-4-13/h5,7,13H,2,4H2,(H,11,12). The Morgan fingerprint density at radius 1 is 1.59 bits per heavy atom. The summed E-state index contributed by atoms with van der Waals surface area (Å²) in [6, 6.07) is 0. The monoisotopic (exact) mass is 282 g/mol. The number of anilines is 1. The zero-order valence-corrected chi connectivity index (χ0v) is 9.99. The minimum Gasteiger partial charge on any atom is -0.395 e. The third kappa shape index (κ3) is 4.26. The van der Waals surface area contributed by atoms with Gasteiger partial charge in [-0.1, -0.05) is 23.2 Å². The van der Waals surface area contributed by atoms with Gasteiger partial charge in [-0.05, 0) is 0 Å². The summed E-state index contributed by atoms with van der Waals surface area (Å²) >= 11 is 0.838. The van der Waals surface area contributed by atoms with Gasteiger partial charge in [-0.2, -0.15) is 8.78 Å². The SMILES string of the molecule is O=S(=O)(Nc1ncc(C#CCCO)s1)C(F)F. The normalized spacial score (nSPS) is 11.1. The van der Waals surface area contributed by atoms with Crippen molar-refractivity contribution in [1.29, 1.82) is 0 Å². The van der Waals surface area contributed by atoms with Crippen LogP contribution < -0.4 is 4.72 Å². The quantitative estimate of drug-likeness (QED) is 0.802. The van der Waals surface area contributed by atoms with Crippen LogP contribution in [0.3, 0.4) is 0 Å². The van der Waals surface area contributed by atoms with E-state index in [-0.39, 0.29) is 18.2 Å². The molecule has 0 spiro atoms. The Morgan fingerprint density at radius 3 is 2.88 bits per heavy atom. The molecular formula is C8H8F2N2O3S2. The number of nitrogens with zero attached hydrogens (tertiary/aromatic N) is 1. The van der Waals surface area contributed by atoms with Crippen molar-refractivity contribution in [3.8, 4) is 11.8 Å². The molecule has 2 N–H and O–H groups in total. The van der Waals surface area contributed by atoms with Gasteiger partial charge < -0.3 is 5.11 Å². The molecule has 1 rings (SSSR count). The number of aromatic nitrogens is 1. The van der Waals surface area contributed by atoms with E-state index in [1.807, 2.05) is 0 Å². The highest BCUT2D eigenvalue weighted by molar-refractivity contribution is 7.93. The van der Waals surface area contributed by atoms with E-state index in [1.54, 1.807) is 4.72 Å². The lowest BCUT2D eigenvalue weighted by Gasteiger charge is -2.01. The first-order valence-electron chi connectivity index (χ1n) is 4.31. The maximum atomic E-state index is 12.0. The lowest BCUT2D eigenvalue weighted by Crippen LogP contribution is -2.20. The van der Waals surface area contributed by atoms with Crippen LogP contribution in [0.2, 0.25) is 0 Å². The molecule has 1 heterocycles. The van der Waals surface area contributed by atoms with Crippen LogP contribution in [0.1, 0.15) is 11.3 Å². The zero-order chi connectivity index (χ0) is 12.9. The average Bonchev–Trinajstić information content (AvgIpc) is 2.65. The molecule has 0 aliphatic rings. The number of halogens is 2. The molecule has 17 heavy (non-hydrogen) atoms. The third-order valence-corrected chi connectivity index (χ3v) is 3.32. The summed E-state index contributed by atoms with van der Waals surface area (Å²) in [5.74, 6) is 1.70. The first-order valence-corrected chi connectivity index (χ1v) is 6.67. The molecule has 5 nitrogen and oxygen atoms in total. The molecule has 0 bridgehead atoms. The molecule has 1 aromatic rings. The van der Waals surface area contributed by atoms with E-state index < -0.39 is 15.8 Å². The van der Waals surface area contributed by atoms with Crippen LogP contribution in [0, 0.1) is 11.8 Å². The van der Waals surface area contributed by atoms with Crippen molar-refractivity contribution >= 4 is 26.5 Å². The lowest BCUT2D eigenvalue weighted by molar-refractivity contribution is 0.236. The molecule has 0 fully saturated rings. The molecule has 1 aromatic heterocycles. The summed E-state index contributed by atoms with van der Waals surface area (Å²) in [5, 5.41) is 8.31. The van der Waals surface area contributed by atoms with Gasteiger partial charge in [-0.15, -0.1) is 0 Å². The molecule has 0 amide bonds. The Balaban J connectivity index is 2.74. The van der Waals surface area contributed by atoms with E-state index in [0.29, 0.717) is 4.88 Å². The first kappa shape index (κ1) is 13.8. The Labute approximate surface area is 101 Å². The fourth-order valence-electron chi connectivity index (χ4n) is 0.751. The summed E-state index contributed by atoms with van der Waals surface area (Å²) in [6.45, 7) is -0.0866. The van der Waals surface area contributed by atoms with Gasteiger partial charge in [0, 0.05) is 6.42 Å². The lowest BCUT2D eigenvalue weighted by atomic mass is 10.4. The molecule has 0 aliphatic carbocycles. The molecule has 94 valence electrons. The van der Waals surface area contributed by atoms with E-state index in [0.717, 1.165) is 11.3 Å². The smallest absolute Gasteiger partial charge is 0.355 e. The number of hydrogen-bond acceptors (Lipinski definition) is 5. The van der Waals surface area contributed by atoms with Crippen LogP contribution in [0.15, 0.2) is 6.20 Å². The van der Waals surface area contributed by atoms with Crippen molar-refractivity contribution in [1.82, 2.24) is 4.98 Å². The number of rotatable bonds is 4. The van der Waals surface area contributed by atoms with Crippen molar-refractivity contribution in [2.45, 2.75) is 12.2 Å². The van der Waals surface area contributed by atoms with Gasteiger partial charge in [0.1, 0.15) is 0 Å². The Bertz CT molecular complexity index is 530. The van der Waals surface area contributed by atoms with E-state index in [9.17, 15) is 17.2 Å². The van der Waals surface area contributed by atoms with Crippen LogP contribution in [-0.4, -0.2) is 30.9 Å². The van der Waals surface area contributed by atoms with Crippen LogP contribution in [0.5, 0.6) is 0 Å². The number of hydrogen-bond donors (Lipinski definition) is 2. The van der Waals surface area contributed by atoms with Crippen LogP contribution in [0.25, 0.3) is 0 Å². The van der Waals surface area contributed by atoms with Gasteiger partial charge in [0.15, 0.2) is 5.13 Å². The van der Waals surface area contributed by atoms with Gasteiger partial charge >= 0.3 is 5.76 Å². The number of aliphatic hydroxyl groups excluding tert-OH is 1. The predicted molar refractivity (Wildman–Crippen MR) is 59.2 cm³/mol. The Kier molecular flexibility index (Phi) is 4.80. The van der Waals surface area contributed by atoms with Crippen LogP contribution >= 0.6 is 11.3 Å². The molecule has 9 heteroatoms. The van der Waals surface area contributed by atoms with Crippen LogP contribution in [-0.2, 0) is 10.0 Å². The van der Waals surface area contributed by atoms with Crippen molar-refractivity contribution in [2.75, 3.05) is 11.3 Å². The fourth-order valence-corrected chi connectivity index (χ4v) is 2.19. The van der Waals surface area contributed by atoms with Gasteiger partial charge in [0.05, 0.1) is 17.7 Å². The second kappa shape index (κ2) is 5.90. The highest BCUT2D eigenvalue weighted by atomic mass is 32.2. The van der Waals surface area contributed by atoms with Gasteiger partial charge in [0.2, 0.25) is 0 Å². The van der Waals surface area contributed by atoms with Crippen molar-refractivity contribution in [3.05, 3.63) is 11.1 Å². The summed E-state index contributed by atoms with van der Waals surface area (Å²) < 4.78 is 47.3. The largest absolute Gasteiger partial charge is 0.395 e. The highest BCUT2D eigenvalue weighted by Gasteiger charge is 2.24. The average molecular weight is 282 g/mol. The van der Waals surface area contributed by atoms with Gasteiger partial charge in [0.25, 0.3) is 10.0 Å². The molecule has 0 aromatic carbocycles. The fraction of sp³-hybridized carbons (Fsp3) is 0.375. The molecular weight excluding hydrogens is 274 g/mol. The minimum absolute atomic E-state index is 0.0866. The summed E-state index contributed by atoms with van der Waals surface area (Å²) in [5.41, 5.74) is 0. The highest BCUT2D eigenvalue weighted by Crippen LogP contribution is 2.20. The Morgan fingerprint density at radius 2 is 2.29 bits per heavy atom. The zero-order valence-electron chi connectivity index (χ0n) is 8.35. The maximum absolute atomic E-state index is 12.0. The summed E-state index contributed by atoms with van der Waals surface area (Å²) in [7, 11) is -4.69. The number of nitrogens with one attached hydrogen (secondary N) is 1. The Hall–Kier alpha value is -1.24. The van der Waals surface area contributed by atoms with Crippen molar-refractivity contribution in [3.63, 3.8) is 0 Å². The molecule has 0 unspecified atom stereocenters. The van der Waals surface area contributed by atoms with Crippen LogP contribution in [0.4, 0.5) is 13.9 Å². The van der Waals surface area contributed by atoms with Crippen molar-refractivity contribution < 1.29 is 22.3 Å². The molecule has 0 aliphatic heterocycles. The molecule has 0 radical (unpaired) electrons. The number of sulfonamides is 1. The second-order valence-electron chi connectivity index (χ2n) is 2.71. The predicted octanol–water partition coefficient (Wildman–Crippen LogP) is 0.841.